The van der Waals surface area contributed by atoms with Crippen molar-refractivity contribution in [2.24, 2.45) is 10.2 Å². The SMILES string of the molecule is CN(C)/C=N/N=Cc1cn(S(=O)(=O)c2cccc3ccccc23)c2cccc([N+](=O)[O-])c12. The maximum absolute atomic E-state index is 13.7. The van der Waals surface area contributed by atoms with Gasteiger partial charge in [-0.25, -0.2) is 12.4 Å². The largest absolute Gasteiger partial charge is 0.367 e. The molecule has 0 amide bonds. The maximum atomic E-state index is 13.7. The van der Waals surface area contributed by atoms with Crippen LogP contribution in [0.1, 0.15) is 5.56 Å². The molecule has 0 unspecified atom stereocenters. The number of rotatable bonds is 6. The van der Waals surface area contributed by atoms with Gasteiger partial charge in [0, 0.05) is 37.3 Å². The van der Waals surface area contributed by atoms with E-state index in [0.717, 1.165) is 9.36 Å². The van der Waals surface area contributed by atoms with Crippen molar-refractivity contribution in [2.45, 2.75) is 4.90 Å². The summed E-state index contributed by atoms with van der Waals surface area (Å²) >= 11 is 0. The van der Waals surface area contributed by atoms with Gasteiger partial charge in [0.25, 0.3) is 15.7 Å². The lowest BCUT2D eigenvalue weighted by Gasteiger charge is -2.10. The molecule has 1 aromatic heterocycles. The second kappa shape index (κ2) is 8.23. The number of non-ortho nitro benzene ring substituents is 1. The van der Waals surface area contributed by atoms with E-state index >= 15 is 0 Å². The van der Waals surface area contributed by atoms with Crippen LogP contribution in [-0.2, 0) is 10.0 Å². The first-order chi connectivity index (χ1) is 15.3. The monoisotopic (exact) mass is 449 g/mol. The van der Waals surface area contributed by atoms with Crippen LogP contribution < -0.4 is 0 Å². The summed E-state index contributed by atoms with van der Waals surface area (Å²) in [7, 11) is -0.531. The second-order valence-corrected chi connectivity index (χ2v) is 9.01. The molecule has 3 aromatic carbocycles. The molecule has 9 nitrogen and oxygen atoms in total. The van der Waals surface area contributed by atoms with Gasteiger partial charge in [-0.15, -0.1) is 5.10 Å². The lowest BCUT2D eigenvalue weighted by molar-refractivity contribution is -0.383. The first kappa shape index (κ1) is 21.2. The molecule has 0 saturated carbocycles. The highest BCUT2D eigenvalue weighted by molar-refractivity contribution is 7.90. The van der Waals surface area contributed by atoms with Gasteiger partial charge in [-0.2, -0.15) is 5.10 Å². The summed E-state index contributed by atoms with van der Waals surface area (Å²) in [5, 5.41) is 20.9. The van der Waals surface area contributed by atoms with Gasteiger partial charge in [0.1, 0.15) is 6.34 Å². The van der Waals surface area contributed by atoms with E-state index in [-0.39, 0.29) is 27.0 Å². The number of fused-ring (bicyclic) bond motifs is 2. The van der Waals surface area contributed by atoms with Gasteiger partial charge in [-0.1, -0.05) is 42.5 Å². The van der Waals surface area contributed by atoms with E-state index in [1.54, 1.807) is 37.2 Å². The van der Waals surface area contributed by atoms with Crippen LogP contribution in [0.5, 0.6) is 0 Å². The van der Waals surface area contributed by atoms with Gasteiger partial charge in [0.2, 0.25) is 0 Å². The normalized spacial score (nSPS) is 12.3. The molecule has 4 rings (SSSR count). The van der Waals surface area contributed by atoms with Gasteiger partial charge < -0.3 is 4.90 Å². The molecule has 0 aliphatic heterocycles. The predicted octanol–water partition coefficient (Wildman–Crippen LogP) is 3.86. The smallest absolute Gasteiger partial charge is 0.279 e. The molecule has 0 saturated heterocycles. The number of nitro benzene ring substituents is 1. The van der Waals surface area contributed by atoms with Crippen LogP contribution in [0.3, 0.4) is 0 Å². The van der Waals surface area contributed by atoms with E-state index in [0.29, 0.717) is 5.39 Å². The third-order valence-corrected chi connectivity index (χ3v) is 6.56. The third kappa shape index (κ3) is 3.71. The molecule has 0 aliphatic carbocycles. The molecule has 0 spiro atoms. The molecule has 0 aliphatic rings. The molecular formula is C22H19N5O4S. The summed E-state index contributed by atoms with van der Waals surface area (Å²) in [6.07, 6.45) is 4.10. The fourth-order valence-electron chi connectivity index (χ4n) is 3.47. The number of nitro groups is 1. The molecule has 10 heteroatoms. The first-order valence-electron chi connectivity index (χ1n) is 9.55. The number of hydrogen-bond acceptors (Lipinski definition) is 6. The third-order valence-electron chi connectivity index (χ3n) is 4.83. The van der Waals surface area contributed by atoms with Crippen molar-refractivity contribution in [1.29, 1.82) is 0 Å². The number of aromatic nitrogens is 1. The van der Waals surface area contributed by atoms with Crippen LogP contribution in [0, 0.1) is 10.1 Å². The van der Waals surface area contributed by atoms with Crippen LogP contribution in [-0.4, -0.2) is 48.9 Å². The average Bonchev–Trinajstić information content (AvgIpc) is 3.15. The molecule has 0 bridgehead atoms. The Bertz CT molecular complexity index is 1500. The van der Waals surface area contributed by atoms with E-state index < -0.39 is 14.9 Å². The quantitative estimate of drug-likeness (QED) is 0.192. The summed E-state index contributed by atoms with van der Waals surface area (Å²) < 4.78 is 28.4. The molecule has 32 heavy (non-hydrogen) atoms. The Balaban J connectivity index is 1.99. The highest BCUT2D eigenvalue weighted by Crippen LogP contribution is 2.33. The molecule has 162 valence electrons. The Morgan fingerprint density at radius 2 is 1.72 bits per heavy atom. The van der Waals surface area contributed by atoms with E-state index in [1.807, 2.05) is 18.2 Å². The second-order valence-electron chi connectivity index (χ2n) is 7.23. The summed E-state index contributed by atoms with van der Waals surface area (Å²) in [5.41, 5.74) is 0.240. The Morgan fingerprint density at radius 3 is 2.47 bits per heavy atom. The van der Waals surface area contributed by atoms with Gasteiger partial charge >= 0.3 is 0 Å². The van der Waals surface area contributed by atoms with E-state index in [4.69, 9.17) is 0 Å². The maximum Gasteiger partial charge on any atom is 0.279 e. The Hall–Kier alpha value is -4.05. The van der Waals surface area contributed by atoms with Gasteiger partial charge in [0.15, 0.2) is 0 Å². The van der Waals surface area contributed by atoms with Crippen LogP contribution in [0.4, 0.5) is 5.69 Å². The highest BCUT2D eigenvalue weighted by atomic mass is 32.2. The van der Waals surface area contributed by atoms with Crippen molar-refractivity contribution in [1.82, 2.24) is 8.87 Å². The zero-order valence-electron chi connectivity index (χ0n) is 17.3. The number of hydrogen-bond donors (Lipinski definition) is 0. The predicted molar refractivity (Wildman–Crippen MR) is 125 cm³/mol. The average molecular weight is 449 g/mol. The van der Waals surface area contributed by atoms with E-state index in [9.17, 15) is 18.5 Å². The fraction of sp³-hybridized carbons (Fsp3) is 0.0909. The van der Waals surface area contributed by atoms with Crippen molar-refractivity contribution < 1.29 is 13.3 Å². The Labute approximate surface area is 184 Å². The lowest BCUT2D eigenvalue weighted by atomic mass is 10.1. The van der Waals surface area contributed by atoms with Gasteiger partial charge in [-0.3, -0.25) is 10.1 Å². The molecule has 1 heterocycles. The van der Waals surface area contributed by atoms with E-state index in [1.165, 1.54) is 43.0 Å². The topological polar surface area (TPSA) is 110 Å². The molecular weight excluding hydrogens is 430 g/mol. The van der Waals surface area contributed by atoms with Gasteiger partial charge in [0.05, 0.1) is 26.9 Å². The van der Waals surface area contributed by atoms with Crippen molar-refractivity contribution in [3.8, 4) is 0 Å². The number of benzene rings is 3. The van der Waals surface area contributed by atoms with Gasteiger partial charge in [-0.05, 0) is 17.5 Å². The zero-order valence-corrected chi connectivity index (χ0v) is 18.1. The van der Waals surface area contributed by atoms with Crippen molar-refractivity contribution in [2.75, 3.05) is 14.1 Å². The van der Waals surface area contributed by atoms with Crippen molar-refractivity contribution >= 4 is 49.9 Å². The van der Waals surface area contributed by atoms with Crippen LogP contribution >= 0.6 is 0 Å². The minimum absolute atomic E-state index is 0.105. The Kier molecular flexibility index (Phi) is 5.45. The zero-order chi connectivity index (χ0) is 22.9. The van der Waals surface area contributed by atoms with Crippen LogP contribution in [0.25, 0.3) is 21.7 Å². The standard InChI is InChI=1S/C22H19N5O4S/c1-25(2)15-24-23-13-17-14-26(19-10-6-11-20(22(17)19)27(28)29)32(30,31)21-12-5-8-16-7-3-4-9-18(16)21/h3-15H,1-2H3/b23-13?,24-15+. The van der Waals surface area contributed by atoms with E-state index in [2.05, 4.69) is 10.2 Å². The van der Waals surface area contributed by atoms with Crippen molar-refractivity contribution in [3.05, 3.63) is 82.5 Å². The summed E-state index contributed by atoms with van der Waals surface area (Å²) in [5.74, 6) is 0. The molecule has 0 fully saturated rings. The summed E-state index contributed by atoms with van der Waals surface area (Å²) in [6.45, 7) is 0. The molecule has 0 radical (unpaired) electrons. The first-order valence-corrected chi connectivity index (χ1v) is 11.0. The fourth-order valence-corrected chi connectivity index (χ4v) is 5.06. The van der Waals surface area contributed by atoms with Crippen molar-refractivity contribution in [3.63, 3.8) is 0 Å². The summed E-state index contributed by atoms with van der Waals surface area (Å²) in [4.78, 5) is 12.9. The Morgan fingerprint density at radius 1 is 1.00 bits per heavy atom. The minimum atomic E-state index is -4.07. The molecule has 0 atom stereocenters. The molecule has 0 N–H and O–H groups in total. The lowest BCUT2D eigenvalue weighted by Crippen LogP contribution is -2.12. The molecule has 4 aromatic rings. The minimum Gasteiger partial charge on any atom is -0.367 e. The highest BCUT2D eigenvalue weighted by Gasteiger charge is 2.26. The van der Waals surface area contributed by atoms with Crippen LogP contribution in [0.15, 0.2) is 82.0 Å². The number of nitrogens with zero attached hydrogens (tertiary/aromatic N) is 5. The summed E-state index contributed by atoms with van der Waals surface area (Å²) in [6, 6.07) is 16.5. The van der Waals surface area contributed by atoms with Crippen LogP contribution in [0.2, 0.25) is 0 Å².